The molecule has 6 atom stereocenters. The summed E-state index contributed by atoms with van der Waals surface area (Å²) in [5, 5.41) is 2.71. The predicted octanol–water partition coefficient (Wildman–Crippen LogP) is 5.80. The van der Waals surface area contributed by atoms with Crippen LogP contribution < -0.4 is 0 Å². The van der Waals surface area contributed by atoms with Crippen molar-refractivity contribution in [2.24, 2.45) is 0 Å². The fourth-order valence-corrected chi connectivity index (χ4v) is 10.2. The Labute approximate surface area is 161 Å². The lowest BCUT2D eigenvalue weighted by Gasteiger charge is -2.41. The van der Waals surface area contributed by atoms with Gasteiger partial charge in [-0.3, -0.25) is 9.80 Å². The van der Waals surface area contributed by atoms with Crippen molar-refractivity contribution >= 4 is 47.0 Å². The van der Waals surface area contributed by atoms with E-state index >= 15 is 0 Å². The van der Waals surface area contributed by atoms with Crippen LogP contribution in [0.4, 0.5) is 0 Å². The van der Waals surface area contributed by atoms with E-state index < -0.39 is 0 Å². The molecule has 0 bridgehead atoms. The van der Waals surface area contributed by atoms with Gasteiger partial charge in [0.25, 0.3) is 0 Å². The molecule has 0 aromatic carbocycles. The Morgan fingerprint density at radius 2 is 0.826 bits per heavy atom. The summed E-state index contributed by atoms with van der Waals surface area (Å²) in [6, 6.07) is 0. The average Bonchev–Trinajstić information content (AvgIpc) is 2.42. The average molecular weight is 395 g/mol. The number of rotatable bonds is 6. The summed E-state index contributed by atoms with van der Waals surface area (Å²) >= 11 is 8.46. The molecule has 0 aliphatic carbocycles. The highest BCUT2D eigenvalue weighted by molar-refractivity contribution is 8.18. The number of hydrogen-bond donors (Lipinski definition) is 0. The van der Waals surface area contributed by atoms with Crippen molar-refractivity contribution in [3.8, 4) is 0 Å². The highest BCUT2D eigenvalue weighted by atomic mass is 32.2. The van der Waals surface area contributed by atoms with Crippen LogP contribution in [0.5, 0.6) is 0 Å². The molecule has 6 heteroatoms. The first-order chi connectivity index (χ1) is 10.9. The molecular formula is C17H34N2S4. The molecule has 23 heavy (non-hydrogen) atoms. The highest BCUT2D eigenvalue weighted by Gasteiger charge is 2.30. The second-order valence-electron chi connectivity index (χ2n) is 6.61. The van der Waals surface area contributed by atoms with Crippen LogP contribution in [0.2, 0.25) is 0 Å². The Kier molecular flexibility index (Phi) is 8.85. The predicted molar refractivity (Wildman–Crippen MR) is 114 cm³/mol. The van der Waals surface area contributed by atoms with Gasteiger partial charge in [-0.05, 0) is 54.4 Å². The number of nitrogens with zero attached hydrogens (tertiary/aromatic N) is 2. The van der Waals surface area contributed by atoms with Crippen molar-refractivity contribution in [2.75, 3.05) is 13.1 Å². The fraction of sp³-hybridized carbons (Fsp3) is 1.00. The molecule has 0 aromatic heterocycles. The molecule has 0 N–H and O–H groups in total. The van der Waals surface area contributed by atoms with Crippen LogP contribution in [0.25, 0.3) is 0 Å². The van der Waals surface area contributed by atoms with Crippen LogP contribution in [0.3, 0.4) is 0 Å². The number of unbranched alkanes of at least 4 members (excludes halogenated alkanes) is 2. The molecule has 2 unspecified atom stereocenters. The highest BCUT2D eigenvalue weighted by Crippen LogP contribution is 2.41. The van der Waals surface area contributed by atoms with E-state index in [-0.39, 0.29) is 0 Å². The van der Waals surface area contributed by atoms with E-state index in [0.717, 1.165) is 9.16 Å². The minimum Gasteiger partial charge on any atom is -0.280 e. The lowest BCUT2D eigenvalue weighted by molar-refractivity contribution is 0.233. The zero-order valence-electron chi connectivity index (χ0n) is 15.5. The molecule has 0 amide bonds. The van der Waals surface area contributed by atoms with E-state index in [1.807, 2.05) is 0 Å². The molecule has 2 aliphatic heterocycles. The molecule has 136 valence electrons. The summed E-state index contributed by atoms with van der Waals surface area (Å²) in [6.45, 7) is 16.7. The maximum Gasteiger partial charge on any atom is 0.0550 e. The first-order valence-electron chi connectivity index (χ1n) is 9.01. The first-order valence-corrected chi connectivity index (χ1v) is 12.8. The zero-order chi connectivity index (χ0) is 17.0. The van der Waals surface area contributed by atoms with Crippen LogP contribution in [-0.2, 0) is 0 Å². The van der Waals surface area contributed by atoms with E-state index in [1.54, 1.807) is 0 Å². The molecule has 0 radical (unpaired) electrons. The summed E-state index contributed by atoms with van der Waals surface area (Å²) in [7, 11) is 0. The lowest BCUT2D eigenvalue weighted by Crippen LogP contribution is -2.42. The van der Waals surface area contributed by atoms with Crippen molar-refractivity contribution in [2.45, 2.75) is 91.5 Å². The Hall–Kier alpha value is 1.32. The summed E-state index contributed by atoms with van der Waals surface area (Å²) in [4.78, 5) is 5.38. The molecule has 0 spiro atoms. The van der Waals surface area contributed by atoms with E-state index in [9.17, 15) is 0 Å². The Morgan fingerprint density at radius 3 is 1.13 bits per heavy atom. The largest absolute Gasteiger partial charge is 0.280 e. The van der Waals surface area contributed by atoms with Gasteiger partial charge in [0.2, 0.25) is 0 Å². The molecule has 2 aliphatic rings. The lowest BCUT2D eigenvalue weighted by atomic mass is 10.2. The van der Waals surface area contributed by atoms with Gasteiger partial charge in [0.1, 0.15) is 0 Å². The standard InChI is InChI=1S/C17H34N2S4/c1-12-18(13(2)21-16(5)20-12)10-8-7-9-11-19-14(3)22-17(6)23-15(19)4/h12-17H,7-11H2,1-6H3/t12-,13+,14-,15+,16?,17?. The van der Waals surface area contributed by atoms with Crippen LogP contribution in [0, 0.1) is 0 Å². The summed E-state index contributed by atoms with van der Waals surface area (Å²) in [5.41, 5.74) is 0. The molecular weight excluding hydrogens is 360 g/mol. The Balaban J connectivity index is 1.64. The minimum absolute atomic E-state index is 0.678. The van der Waals surface area contributed by atoms with Gasteiger partial charge in [-0.2, -0.15) is 0 Å². The summed E-state index contributed by atoms with van der Waals surface area (Å²) in [5.74, 6) is 0. The SMILES string of the molecule is CC1S[C@@H](C)N(CCCCCN2[C@H](C)SC(C)S[C@@H]2C)[C@@H](C)S1. The van der Waals surface area contributed by atoms with Crippen LogP contribution in [0.1, 0.15) is 60.8 Å². The molecule has 2 rings (SSSR count). The number of hydrogen-bond acceptors (Lipinski definition) is 6. The smallest absolute Gasteiger partial charge is 0.0550 e. The molecule has 2 heterocycles. The summed E-state index contributed by atoms with van der Waals surface area (Å²) in [6.07, 6.45) is 4.05. The van der Waals surface area contributed by atoms with Gasteiger partial charge in [0.05, 0.1) is 30.7 Å². The molecule has 0 saturated carbocycles. The third kappa shape index (κ3) is 6.21. The monoisotopic (exact) mass is 394 g/mol. The molecule has 0 aromatic rings. The van der Waals surface area contributed by atoms with Gasteiger partial charge in [-0.15, -0.1) is 47.0 Å². The van der Waals surface area contributed by atoms with E-state index in [4.69, 9.17) is 0 Å². The first kappa shape index (κ1) is 20.6. The third-order valence-electron chi connectivity index (χ3n) is 4.76. The van der Waals surface area contributed by atoms with Gasteiger partial charge in [0, 0.05) is 13.1 Å². The molecule has 2 fully saturated rings. The quantitative estimate of drug-likeness (QED) is 0.522. The fourth-order valence-electron chi connectivity index (χ4n) is 3.57. The third-order valence-corrected chi connectivity index (χ3v) is 10.3. The van der Waals surface area contributed by atoms with Gasteiger partial charge in [0.15, 0.2) is 0 Å². The Bertz CT molecular complexity index is 301. The second kappa shape index (κ2) is 9.86. The van der Waals surface area contributed by atoms with Gasteiger partial charge in [-0.25, -0.2) is 0 Å². The molecule has 2 nitrogen and oxygen atoms in total. The van der Waals surface area contributed by atoms with Crippen molar-refractivity contribution in [1.82, 2.24) is 9.80 Å². The Morgan fingerprint density at radius 1 is 0.522 bits per heavy atom. The van der Waals surface area contributed by atoms with Crippen LogP contribution >= 0.6 is 47.0 Å². The summed E-state index contributed by atoms with van der Waals surface area (Å²) < 4.78 is 1.49. The minimum atomic E-state index is 0.678. The van der Waals surface area contributed by atoms with Crippen molar-refractivity contribution in [3.63, 3.8) is 0 Å². The second-order valence-corrected chi connectivity index (χ2v) is 13.9. The maximum absolute atomic E-state index is 2.69. The van der Waals surface area contributed by atoms with Gasteiger partial charge >= 0.3 is 0 Å². The van der Waals surface area contributed by atoms with E-state index in [2.05, 4.69) is 98.4 Å². The number of thioether (sulfide) groups is 4. The van der Waals surface area contributed by atoms with E-state index in [1.165, 1.54) is 32.4 Å². The van der Waals surface area contributed by atoms with Crippen LogP contribution in [0.15, 0.2) is 0 Å². The van der Waals surface area contributed by atoms with Crippen LogP contribution in [-0.4, -0.2) is 53.5 Å². The topological polar surface area (TPSA) is 6.48 Å². The van der Waals surface area contributed by atoms with Crippen molar-refractivity contribution < 1.29 is 0 Å². The van der Waals surface area contributed by atoms with E-state index in [0.29, 0.717) is 21.5 Å². The maximum atomic E-state index is 2.69. The van der Waals surface area contributed by atoms with Gasteiger partial charge < -0.3 is 0 Å². The van der Waals surface area contributed by atoms with Gasteiger partial charge in [-0.1, -0.05) is 6.42 Å². The van der Waals surface area contributed by atoms with Crippen molar-refractivity contribution in [1.29, 1.82) is 0 Å². The zero-order valence-corrected chi connectivity index (χ0v) is 18.8. The normalized spacial score (nSPS) is 40.4. The van der Waals surface area contributed by atoms with Crippen molar-refractivity contribution in [3.05, 3.63) is 0 Å². The molecule has 2 saturated heterocycles.